The van der Waals surface area contributed by atoms with Gasteiger partial charge in [-0.05, 0) is 49.3 Å². The molecule has 0 amide bonds. The third-order valence-electron chi connectivity index (χ3n) is 4.58. The molecule has 1 aromatic carbocycles. The number of carbonyl (C=O) groups excluding carboxylic acids is 2. The van der Waals surface area contributed by atoms with E-state index < -0.39 is 29.8 Å². The number of anilines is 1. The molecule has 0 aliphatic carbocycles. The molecule has 0 aromatic heterocycles. The Bertz CT molecular complexity index is 946. The molecule has 1 saturated heterocycles. The van der Waals surface area contributed by atoms with E-state index in [-0.39, 0.29) is 29.4 Å². The number of halogens is 3. The fourth-order valence-electron chi connectivity index (χ4n) is 3.14. The van der Waals surface area contributed by atoms with Gasteiger partial charge in [0.05, 0.1) is 17.7 Å². The van der Waals surface area contributed by atoms with Crippen molar-refractivity contribution in [3.05, 3.63) is 77.1 Å². The van der Waals surface area contributed by atoms with Crippen LogP contribution in [0.4, 0.5) is 14.5 Å². The molecule has 1 heterocycles. The molecule has 0 unspecified atom stereocenters. The van der Waals surface area contributed by atoms with Gasteiger partial charge in [0.25, 0.3) is 0 Å². The van der Waals surface area contributed by atoms with Gasteiger partial charge in [-0.1, -0.05) is 18.2 Å². The minimum atomic E-state index is -0.680. The van der Waals surface area contributed by atoms with Crippen LogP contribution in [0.3, 0.4) is 0 Å². The largest absolute Gasteiger partial charge is 0.461 e. The Labute approximate surface area is 190 Å². The standard InChI is InChI=1S/C23H25ClF2N2O4/c1-15(27-19-5-8-23(26)22(24)11-19)17(9-10-29)3-4-18(25)12-28-13-20(31)6-7-21(14-28)32-16(2)30/h3-5,8-12,20-21,27,31H,1,6-7,13-14H2,2H3/b4-3-,17-9?,18-12-/t20-,21+/m0/s1. The number of nitrogens with zero attached hydrogens (tertiary/aromatic N) is 1. The first-order valence-electron chi connectivity index (χ1n) is 9.89. The molecule has 0 bridgehead atoms. The Hall–Kier alpha value is -2.97. The van der Waals surface area contributed by atoms with Crippen molar-refractivity contribution in [3.63, 3.8) is 0 Å². The molecule has 6 nitrogen and oxygen atoms in total. The number of benzene rings is 1. The maximum Gasteiger partial charge on any atom is 0.302 e. The summed E-state index contributed by atoms with van der Waals surface area (Å²) in [7, 11) is 0. The number of aliphatic hydroxyl groups is 1. The van der Waals surface area contributed by atoms with Crippen LogP contribution in [0.1, 0.15) is 19.8 Å². The molecule has 1 aromatic rings. The molecule has 1 aliphatic heterocycles. The number of aliphatic hydroxyl groups excluding tert-OH is 1. The van der Waals surface area contributed by atoms with Gasteiger partial charge in [-0.25, -0.2) is 8.78 Å². The predicted molar refractivity (Wildman–Crippen MR) is 119 cm³/mol. The lowest BCUT2D eigenvalue weighted by molar-refractivity contribution is -0.147. The monoisotopic (exact) mass is 466 g/mol. The number of esters is 1. The second-order valence-corrected chi connectivity index (χ2v) is 7.66. The molecular weight excluding hydrogens is 442 g/mol. The molecular formula is C23H25ClF2N2O4. The molecule has 2 rings (SSSR count). The quantitative estimate of drug-likeness (QED) is 0.257. The minimum absolute atomic E-state index is 0.0834. The summed E-state index contributed by atoms with van der Waals surface area (Å²) in [5, 5.41) is 12.8. The smallest absolute Gasteiger partial charge is 0.302 e. The first kappa shape index (κ1) is 25.3. The molecule has 2 N–H and O–H groups in total. The number of nitrogens with one attached hydrogen (secondary N) is 1. The van der Waals surface area contributed by atoms with Crippen molar-refractivity contribution >= 4 is 29.5 Å². The van der Waals surface area contributed by atoms with Crippen LogP contribution in [0.2, 0.25) is 5.02 Å². The highest BCUT2D eigenvalue weighted by molar-refractivity contribution is 6.31. The summed E-state index contributed by atoms with van der Waals surface area (Å²) in [4.78, 5) is 23.8. The van der Waals surface area contributed by atoms with Crippen molar-refractivity contribution in [1.29, 1.82) is 0 Å². The average molecular weight is 467 g/mol. The minimum Gasteiger partial charge on any atom is -0.461 e. The van der Waals surface area contributed by atoms with Gasteiger partial charge in [0.15, 0.2) is 0 Å². The number of allylic oxidation sites excluding steroid dienone is 4. The van der Waals surface area contributed by atoms with E-state index in [1.807, 2.05) is 0 Å². The zero-order chi connectivity index (χ0) is 23.7. The number of hydrogen-bond donors (Lipinski definition) is 2. The normalized spacial score (nSPS) is 20.1. The molecule has 9 heteroatoms. The topological polar surface area (TPSA) is 78.9 Å². The average Bonchev–Trinajstić information content (AvgIpc) is 2.88. The summed E-state index contributed by atoms with van der Waals surface area (Å²) in [5.41, 5.74) is 0.999. The van der Waals surface area contributed by atoms with E-state index in [0.717, 1.165) is 6.08 Å². The Morgan fingerprint density at radius 1 is 1.34 bits per heavy atom. The van der Waals surface area contributed by atoms with Crippen molar-refractivity contribution in [2.24, 2.45) is 0 Å². The number of likely N-dealkylation sites (tertiary alicyclic amines) is 1. The van der Waals surface area contributed by atoms with Crippen LogP contribution in [0.15, 0.2) is 66.3 Å². The first-order valence-corrected chi connectivity index (χ1v) is 10.3. The third kappa shape index (κ3) is 8.28. The van der Waals surface area contributed by atoms with Gasteiger partial charge in [-0.15, -0.1) is 0 Å². The number of rotatable bonds is 8. The molecule has 0 saturated carbocycles. The van der Waals surface area contributed by atoms with Gasteiger partial charge in [-0.2, -0.15) is 0 Å². The molecule has 172 valence electrons. The van der Waals surface area contributed by atoms with Gasteiger partial charge in [-0.3, -0.25) is 9.59 Å². The third-order valence-corrected chi connectivity index (χ3v) is 4.87. The highest BCUT2D eigenvalue weighted by Gasteiger charge is 2.23. The lowest BCUT2D eigenvalue weighted by atomic mass is 10.1. The summed E-state index contributed by atoms with van der Waals surface area (Å²) in [5.74, 6) is -1.66. The molecule has 1 fully saturated rings. The van der Waals surface area contributed by atoms with Crippen molar-refractivity contribution in [2.45, 2.75) is 32.0 Å². The van der Waals surface area contributed by atoms with Crippen LogP contribution in [-0.2, 0) is 14.3 Å². The number of carbonyl (C=O) groups is 2. The first-order chi connectivity index (χ1) is 15.2. The van der Waals surface area contributed by atoms with Crippen molar-refractivity contribution in [2.75, 3.05) is 18.4 Å². The van der Waals surface area contributed by atoms with Crippen LogP contribution < -0.4 is 5.32 Å². The lowest BCUT2D eigenvalue weighted by Crippen LogP contribution is -2.31. The second kappa shape index (κ2) is 12.2. The highest BCUT2D eigenvalue weighted by atomic mass is 35.5. The molecule has 32 heavy (non-hydrogen) atoms. The van der Waals surface area contributed by atoms with E-state index in [1.165, 1.54) is 43.5 Å². The van der Waals surface area contributed by atoms with Crippen LogP contribution in [0, 0.1) is 5.82 Å². The van der Waals surface area contributed by atoms with Crippen molar-refractivity contribution in [3.8, 4) is 0 Å². The Morgan fingerprint density at radius 3 is 2.75 bits per heavy atom. The van der Waals surface area contributed by atoms with Crippen LogP contribution >= 0.6 is 11.6 Å². The molecule has 0 spiro atoms. The second-order valence-electron chi connectivity index (χ2n) is 7.25. The fourth-order valence-corrected chi connectivity index (χ4v) is 3.32. The Kier molecular flexibility index (Phi) is 9.61. The number of ether oxygens (including phenoxy) is 1. The summed E-state index contributed by atoms with van der Waals surface area (Å²) in [6, 6.07) is 3.98. The highest BCUT2D eigenvalue weighted by Crippen LogP contribution is 2.22. The Morgan fingerprint density at radius 2 is 2.09 bits per heavy atom. The number of hydrogen-bond acceptors (Lipinski definition) is 6. The summed E-state index contributed by atoms with van der Waals surface area (Å²) in [6.07, 6.45) is 5.19. The zero-order valence-electron chi connectivity index (χ0n) is 17.6. The van der Waals surface area contributed by atoms with E-state index in [9.17, 15) is 23.5 Å². The van der Waals surface area contributed by atoms with E-state index >= 15 is 0 Å². The SMILES string of the molecule is C=C(Nc1ccc(F)c(Cl)c1)C(=CC=O)/C=C\C(F)=C\N1C[C@@H](O)CC[C@@H](OC(C)=O)C1. The predicted octanol–water partition coefficient (Wildman–Crippen LogP) is 4.29. The van der Waals surface area contributed by atoms with E-state index in [4.69, 9.17) is 16.3 Å². The summed E-state index contributed by atoms with van der Waals surface area (Å²) >= 11 is 5.76. The number of β-amino-alcohol motifs (C(OH)–C–C–N with tert-alkyl or cyclic N) is 1. The summed E-state index contributed by atoms with van der Waals surface area (Å²) < 4.78 is 33.1. The van der Waals surface area contributed by atoms with Gasteiger partial charge in [0, 0.05) is 36.6 Å². The van der Waals surface area contributed by atoms with Crippen LogP contribution in [0.25, 0.3) is 0 Å². The number of aldehydes is 1. The maximum absolute atomic E-state index is 14.5. The van der Waals surface area contributed by atoms with Gasteiger partial charge in [0.1, 0.15) is 24.0 Å². The summed E-state index contributed by atoms with van der Waals surface area (Å²) in [6.45, 7) is 5.55. The molecule has 1 aliphatic rings. The molecule has 2 atom stereocenters. The fraction of sp³-hybridized carbons (Fsp3) is 0.304. The lowest BCUT2D eigenvalue weighted by Gasteiger charge is -2.23. The Balaban J connectivity index is 2.10. The van der Waals surface area contributed by atoms with E-state index in [2.05, 4.69) is 11.9 Å². The van der Waals surface area contributed by atoms with Crippen LogP contribution in [-0.4, -0.2) is 47.6 Å². The van der Waals surface area contributed by atoms with E-state index in [0.29, 0.717) is 24.8 Å². The van der Waals surface area contributed by atoms with Crippen molar-refractivity contribution < 1.29 is 28.2 Å². The van der Waals surface area contributed by atoms with E-state index in [1.54, 1.807) is 4.90 Å². The molecule has 0 radical (unpaired) electrons. The van der Waals surface area contributed by atoms with Gasteiger partial charge >= 0.3 is 5.97 Å². The van der Waals surface area contributed by atoms with Gasteiger partial charge in [0.2, 0.25) is 0 Å². The van der Waals surface area contributed by atoms with Crippen molar-refractivity contribution in [1.82, 2.24) is 4.90 Å². The van der Waals surface area contributed by atoms with Gasteiger partial charge < -0.3 is 20.1 Å². The zero-order valence-corrected chi connectivity index (χ0v) is 18.3. The van der Waals surface area contributed by atoms with Crippen LogP contribution in [0.5, 0.6) is 0 Å². The maximum atomic E-state index is 14.5.